The van der Waals surface area contributed by atoms with Crippen molar-refractivity contribution >= 4 is 28.5 Å². The smallest absolute Gasteiger partial charge is 0.303 e. The van der Waals surface area contributed by atoms with Gasteiger partial charge in [-0.1, -0.05) is 48.0 Å². The maximum atomic E-state index is 11.0. The normalized spacial score (nSPS) is 11.3. The number of nitrogens with zero attached hydrogens (tertiary/aromatic N) is 1. The van der Waals surface area contributed by atoms with Crippen molar-refractivity contribution in [3.8, 4) is 5.69 Å². The maximum Gasteiger partial charge on any atom is 0.303 e. The van der Waals surface area contributed by atoms with E-state index in [0.717, 1.165) is 29.6 Å². The van der Waals surface area contributed by atoms with Gasteiger partial charge in [0.25, 0.3) is 0 Å². The molecule has 0 aliphatic carbocycles. The number of carboxylic acid groups (broad SMARTS) is 1. The summed E-state index contributed by atoms with van der Waals surface area (Å²) in [5, 5.41) is 35.9. The van der Waals surface area contributed by atoms with Gasteiger partial charge in [-0.15, -0.1) is 0 Å². The number of halogens is 1. The maximum absolute atomic E-state index is 11.0. The molecule has 0 fully saturated rings. The molecule has 4 aromatic rings. The average molecular weight is 525 g/mol. The Morgan fingerprint density at radius 1 is 0.838 bits per heavy atom. The molecule has 0 amide bonds. The molecular formula is C29H33ClN2O5. The zero-order valence-electron chi connectivity index (χ0n) is 20.6. The topological polar surface area (TPSA) is 129 Å². The summed E-state index contributed by atoms with van der Waals surface area (Å²) in [5.74, 6) is -0.770. The van der Waals surface area contributed by atoms with E-state index in [9.17, 15) is 4.79 Å². The highest BCUT2D eigenvalue weighted by molar-refractivity contribution is 6.30. The molecule has 8 heteroatoms. The quantitative estimate of drug-likeness (QED) is 0.215. The largest absolute Gasteiger partial charge is 0.481 e. The van der Waals surface area contributed by atoms with Crippen molar-refractivity contribution in [3.63, 3.8) is 0 Å². The van der Waals surface area contributed by atoms with Gasteiger partial charge in [-0.3, -0.25) is 4.79 Å². The third kappa shape index (κ3) is 7.89. The Bertz CT molecular complexity index is 1280. The summed E-state index contributed by atoms with van der Waals surface area (Å²) in [6.07, 6.45) is 4.75. The number of benzene rings is 3. The third-order valence-electron chi connectivity index (χ3n) is 6.15. The Labute approximate surface area is 221 Å². The fourth-order valence-corrected chi connectivity index (χ4v) is 3.97. The predicted molar refractivity (Wildman–Crippen MR) is 146 cm³/mol. The number of carboxylic acids is 1. The molecule has 1 heterocycles. The molecule has 0 unspecified atom stereocenters. The Hall–Kier alpha value is -3.20. The van der Waals surface area contributed by atoms with E-state index in [2.05, 4.69) is 47.2 Å². The predicted octanol–water partition coefficient (Wildman–Crippen LogP) is 3.75. The second kappa shape index (κ2) is 13.4. The van der Waals surface area contributed by atoms with E-state index in [1.54, 1.807) is 0 Å². The van der Waals surface area contributed by atoms with E-state index >= 15 is 0 Å². The van der Waals surface area contributed by atoms with Crippen LogP contribution in [0.3, 0.4) is 0 Å². The summed E-state index contributed by atoms with van der Waals surface area (Å²) in [6.45, 7) is -1.21. The highest BCUT2D eigenvalue weighted by atomic mass is 35.5. The van der Waals surface area contributed by atoms with Crippen LogP contribution in [0.4, 0.5) is 0 Å². The number of carbonyl (C=O) groups is 1. The van der Waals surface area contributed by atoms with Crippen LogP contribution in [0.1, 0.15) is 23.1 Å². The first-order valence-electron chi connectivity index (χ1n) is 12.0. The molecule has 37 heavy (non-hydrogen) atoms. The van der Waals surface area contributed by atoms with Gasteiger partial charge in [-0.2, -0.15) is 0 Å². The van der Waals surface area contributed by atoms with Crippen LogP contribution in [-0.2, 0) is 24.1 Å². The third-order valence-corrected chi connectivity index (χ3v) is 6.41. The molecule has 0 saturated carbocycles. The Kier molecular flexibility index (Phi) is 10.3. The summed E-state index contributed by atoms with van der Waals surface area (Å²) in [7, 11) is 0. The van der Waals surface area contributed by atoms with Crippen LogP contribution in [0, 0.1) is 0 Å². The molecule has 0 aliphatic rings. The number of aryl methyl sites for hydroxylation is 3. The van der Waals surface area contributed by atoms with Crippen molar-refractivity contribution in [1.82, 2.24) is 4.57 Å². The van der Waals surface area contributed by atoms with Gasteiger partial charge in [-0.05, 0) is 72.4 Å². The number of rotatable bonds is 10. The van der Waals surface area contributed by atoms with Crippen molar-refractivity contribution in [2.75, 3.05) is 19.8 Å². The standard InChI is InChI=1S/C25H22ClNO2.C4H11NO3/c26-21-10-12-22(13-11-21)27-17-20(9-6-18-4-2-1-3-5-18)23-16-19(7-14-24(23)27)8-15-25(28)29;5-4(1-6,2-7)3-8/h1-5,7,10-14,16-17H,6,8-9,15H2,(H,28,29);6-8H,1-3,5H2. The van der Waals surface area contributed by atoms with Gasteiger partial charge in [0.05, 0.1) is 30.9 Å². The summed E-state index contributed by atoms with van der Waals surface area (Å²) < 4.78 is 2.19. The number of hydrogen-bond donors (Lipinski definition) is 5. The van der Waals surface area contributed by atoms with Gasteiger partial charge >= 0.3 is 5.97 Å². The Morgan fingerprint density at radius 2 is 1.49 bits per heavy atom. The lowest BCUT2D eigenvalue weighted by Crippen LogP contribution is -2.50. The number of aliphatic hydroxyl groups excluding tert-OH is 3. The molecule has 0 bridgehead atoms. The lowest BCUT2D eigenvalue weighted by Gasteiger charge is -2.20. The molecule has 3 aromatic carbocycles. The van der Waals surface area contributed by atoms with E-state index < -0.39 is 31.3 Å². The zero-order chi connectivity index (χ0) is 26.8. The van der Waals surface area contributed by atoms with Crippen LogP contribution >= 0.6 is 11.6 Å². The van der Waals surface area contributed by atoms with Crippen LogP contribution in [-0.4, -0.2) is 56.3 Å². The number of aliphatic hydroxyl groups is 3. The lowest BCUT2D eigenvalue weighted by molar-refractivity contribution is -0.136. The van der Waals surface area contributed by atoms with Gasteiger partial charge in [0.1, 0.15) is 0 Å². The molecule has 0 radical (unpaired) electrons. The zero-order valence-corrected chi connectivity index (χ0v) is 21.3. The van der Waals surface area contributed by atoms with Crippen molar-refractivity contribution in [2.24, 2.45) is 5.73 Å². The van der Waals surface area contributed by atoms with Crippen LogP contribution in [0.15, 0.2) is 79.0 Å². The number of hydrogen-bond acceptors (Lipinski definition) is 5. The SMILES string of the molecule is NC(CO)(CO)CO.O=C(O)CCc1ccc2c(c1)c(CCc1ccccc1)cn2-c1ccc(Cl)cc1. The van der Waals surface area contributed by atoms with E-state index in [-0.39, 0.29) is 6.42 Å². The van der Waals surface area contributed by atoms with Crippen molar-refractivity contribution < 1.29 is 25.2 Å². The summed E-state index contributed by atoms with van der Waals surface area (Å²) in [5.41, 5.74) is 9.73. The second-order valence-corrected chi connectivity index (χ2v) is 9.50. The summed E-state index contributed by atoms with van der Waals surface area (Å²) in [4.78, 5) is 11.0. The van der Waals surface area contributed by atoms with E-state index in [4.69, 9.17) is 37.8 Å². The van der Waals surface area contributed by atoms with Gasteiger partial charge in [0, 0.05) is 28.7 Å². The molecule has 0 atom stereocenters. The number of fused-ring (bicyclic) bond motifs is 1. The monoisotopic (exact) mass is 524 g/mol. The Morgan fingerprint density at radius 3 is 2.05 bits per heavy atom. The van der Waals surface area contributed by atoms with Gasteiger partial charge in [0.15, 0.2) is 0 Å². The van der Waals surface area contributed by atoms with Crippen molar-refractivity contribution in [1.29, 1.82) is 0 Å². The minimum atomic E-state index is -1.21. The number of aromatic nitrogens is 1. The average Bonchev–Trinajstić information content (AvgIpc) is 3.29. The highest BCUT2D eigenvalue weighted by Gasteiger charge is 2.20. The van der Waals surface area contributed by atoms with Crippen LogP contribution in [0.25, 0.3) is 16.6 Å². The highest BCUT2D eigenvalue weighted by Crippen LogP contribution is 2.28. The number of aliphatic carboxylic acids is 1. The van der Waals surface area contributed by atoms with Crippen molar-refractivity contribution in [3.05, 3.63) is 101 Å². The van der Waals surface area contributed by atoms with Crippen LogP contribution < -0.4 is 5.73 Å². The summed E-state index contributed by atoms with van der Waals surface area (Å²) in [6, 6.07) is 24.5. The first kappa shape index (κ1) is 28.4. The first-order valence-corrected chi connectivity index (χ1v) is 12.4. The Balaban J connectivity index is 0.000000414. The summed E-state index contributed by atoms with van der Waals surface area (Å²) >= 11 is 6.06. The molecule has 0 saturated heterocycles. The van der Waals surface area contributed by atoms with Gasteiger partial charge < -0.3 is 30.7 Å². The molecule has 6 N–H and O–H groups in total. The molecule has 196 valence electrons. The molecule has 0 aliphatic heterocycles. The first-order chi connectivity index (χ1) is 17.8. The van der Waals surface area contributed by atoms with E-state index in [1.165, 1.54) is 16.5 Å². The van der Waals surface area contributed by atoms with Crippen LogP contribution in [0.5, 0.6) is 0 Å². The second-order valence-electron chi connectivity index (χ2n) is 9.07. The van der Waals surface area contributed by atoms with Crippen molar-refractivity contribution in [2.45, 2.75) is 31.2 Å². The van der Waals surface area contributed by atoms with E-state index in [0.29, 0.717) is 11.4 Å². The van der Waals surface area contributed by atoms with Crippen LogP contribution in [0.2, 0.25) is 5.02 Å². The fraction of sp³-hybridized carbons (Fsp3) is 0.276. The molecule has 7 nitrogen and oxygen atoms in total. The lowest BCUT2D eigenvalue weighted by atomic mass is 10.0. The van der Waals surface area contributed by atoms with Gasteiger partial charge in [-0.25, -0.2) is 0 Å². The minimum absolute atomic E-state index is 0.142. The minimum Gasteiger partial charge on any atom is -0.481 e. The fourth-order valence-electron chi connectivity index (χ4n) is 3.84. The van der Waals surface area contributed by atoms with Gasteiger partial charge in [0.2, 0.25) is 0 Å². The molecule has 0 spiro atoms. The molecular weight excluding hydrogens is 492 g/mol. The van der Waals surface area contributed by atoms with E-state index in [1.807, 2.05) is 36.4 Å². The molecule has 1 aromatic heterocycles. The molecule has 4 rings (SSSR count). The number of nitrogens with two attached hydrogens (primary N) is 1.